The van der Waals surface area contributed by atoms with Gasteiger partial charge in [-0.3, -0.25) is 9.59 Å². The fraction of sp³-hybridized carbons (Fsp3) is 0.517. The van der Waals surface area contributed by atoms with E-state index in [0.29, 0.717) is 6.54 Å². The van der Waals surface area contributed by atoms with E-state index in [1.807, 2.05) is 64.3 Å². The van der Waals surface area contributed by atoms with Crippen molar-refractivity contribution in [3.05, 3.63) is 59.7 Å². The summed E-state index contributed by atoms with van der Waals surface area (Å²) in [5, 5.41) is 3.03. The molecule has 1 saturated carbocycles. The van der Waals surface area contributed by atoms with E-state index in [4.69, 9.17) is 0 Å². The summed E-state index contributed by atoms with van der Waals surface area (Å²) < 4.78 is 0. The van der Waals surface area contributed by atoms with Crippen molar-refractivity contribution >= 4 is 23.2 Å². The van der Waals surface area contributed by atoms with Crippen molar-refractivity contribution in [1.82, 2.24) is 4.90 Å². The van der Waals surface area contributed by atoms with Gasteiger partial charge >= 0.3 is 0 Å². The molecule has 1 atom stereocenters. The van der Waals surface area contributed by atoms with E-state index < -0.39 is 0 Å². The molecule has 1 N–H and O–H groups in total. The number of carbonyl (C=O) groups is 2. The van der Waals surface area contributed by atoms with E-state index >= 15 is 0 Å². The van der Waals surface area contributed by atoms with Crippen LogP contribution in [0, 0.1) is 5.92 Å². The quantitative estimate of drug-likeness (QED) is 0.481. The van der Waals surface area contributed by atoms with Gasteiger partial charge < -0.3 is 15.1 Å². The third kappa shape index (κ3) is 6.40. The zero-order chi connectivity index (χ0) is 24.7. The second kappa shape index (κ2) is 12.0. The van der Waals surface area contributed by atoms with E-state index in [1.54, 1.807) is 0 Å². The van der Waals surface area contributed by atoms with Crippen molar-refractivity contribution in [3.63, 3.8) is 0 Å². The standard InChI is InChI=1S/C29H41N3O2/c1-6-26(22-13-9-7-10-14-22)29(34)32(25-15-11-8-12-16-25)20-23-19-24(30-28(33)21(2)3)17-18-27(23)31(4)5/h7,9-10,13-14,17-19,21,25-26H,6,8,11-12,15-16,20H2,1-5H3,(H,30,33)/t26-/m0/s1. The van der Waals surface area contributed by atoms with Crippen LogP contribution in [0.2, 0.25) is 0 Å². The lowest BCUT2D eigenvalue weighted by Gasteiger charge is -2.37. The summed E-state index contributed by atoms with van der Waals surface area (Å²) in [6, 6.07) is 16.5. The lowest BCUT2D eigenvalue weighted by Crippen LogP contribution is -2.43. The molecule has 1 fully saturated rings. The van der Waals surface area contributed by atoms with Gasteiger partial charge in [0, 0.05) is 44.0 Å². The average Bonchev–Trinajstić information content (AvgIpc) is 2.84. The van der Waals surface area contributed by atoms with E-state index in [-0.39, 0.29) is 29.7 Å². The highest BCUT2D eigenvalue weighted by Gasteiger charge is 2.31. The molecule has 5 heteroatoms. The van der Waals surface area contributed by atoms with Crippen LogP contribution in [0.15, 0.2) is 48.5 Å². The molecule has 5 nitrogen and oxygen atoms in total. The molecule has 1 aliphatic carbocycles. The highest BCUT2D eigenvalue weighted by atomic mass is 16.2. The summed E-state index contributed by atoms with van der Waals surface area (Å²) in [7, 11) is 4.05. The van der Waals surface area contributed by atoms with Gasteiger partial charge in [0.05, 0.1) is 5.92 Å². The van der Waals surface area contributed by atoms with E-state index in [9.17, 15) is 9.59 Å². The number of nitrogens with zero attached hydrogens (tertiary/aromatic N) is 2. The molecule has 2 aromatic rings. The maximum Gasteiger partial charge on any atom is 0.230 e. The molecule has 184 valence electrons. The van der Waals surface area contributed by atoms with Gasteiger partial charge in [-0.15, -0.1) is 0 Å². The van der Waals surface area contributed by atoms with Crippen LogP contribution < -0.4 is 10.2 Å². The monoisotopic (exact) mass is 463 g/mol. The van der Waals surface area contributed by atoms with Gasteiger partial charge in [-0.1, -0.05) is 70.4 Å². The van der Waals surface area contributed by atoms with Crippen LogP contribution in [-0.4, -0.2) is 36.9 Å². The van der Waals surface area contributed by atoms with Crippen molar-refractivity contribution in [2.75, 3.05) is 24.3 Å². The maximum atomic E-state index is 14.1. The molecule has 1 aliphatic rings. The summed E-state index contributed by atoms with van der Waals surface area (Å²) in [6.07, 6.45) is 6.46. The van der Waals surface area contributed by atoms with Crippen LogP contribution in [0.1, 0.15) is 76.3 Å². The van der Waals surface area contributed by atoms with Crippen molar-refractivity contribution in [2.45, 2.75) is 77.8 Å². The van der Waals surface area contributed by atoms with Crippen LogP contribution >= 0.6 is 0 Å². The van der Waals surface area contributed by atoms with Gasteiger partial charge in [-0.25, -0.2) is 0 Å². The van der Waals surface area contributed by atoms with Gasteiger partial charge in [-0.05, 0) is 48.6 Å². The Hall–Kier alpha value is -2.82. The number of nitrogens with one attached hydrogen (secondary N) is 1. The SMILES string of the molecule is CC[C@H](C(=O)N(Cc1cc(NC(=O)C(C)C)ccc1N(C)C)C1CCCCC1)c1ccccc1. The lowest BCUT2D eigenvalue weighted by atomic mass is 9.90. The fourth-order valence-electron chi connectivity index (χ4n) is 4.91. The molecule has 0 aliphatic heterocycles. The Labute approximate surface area is 205 Å². The van der Waals surface area contributed by atoms with Crippen LogP contribution in [0.25, 0.3) is 0 Å². The summed E-state index contributed by atoms with van der Waals surface area (Å²) in [5.74, 6) is -0.0240. The largest absolute Gasteiger partial charge is 0.377 e. The van der Waals surface area contributed by atoms with Gasteiger partial charge in [0.2, 0.25) is 11.8 Å². The number of amides is 2. The number of hydrogen-bond donors (Lipinski definition) is 1. The minimum absolute atomic E-state index is 0.00103. The molecule has 0 unspecified atom stereocenters. The van der Waals surface area contributed by atoms with Crippen LogP contribution in [0.4, 0.5) is 11.4 Å². The first-order valence-electron chi connectivity index (χ1n) is 12.8. The highest BCUT2D eigenvalue weighted by molar-refractivity contribution is 5.92. The Morgan fingerprint density at radius 2 is 1.68 bits per heavy atom. The molecule has 0 radical (unpaired) electrons. The number of carbonyl (C=O) groups excluding carboxylic acids is 2. The molecule has 3 rings (SSSR count). The zero-order valence-electron chi connectivity index (χ0n) is 21.5. The first-order valence-corrected chi connectivity index (χ1v) is 12.8. The molecule has 0 aromatic heterocycles. The Morgan fingerprint density at radius 1 is 1.00 bits per heavy atom. The van der Waals surface area contributed by atoms with Crippen molar-refractivity contribution < 1.29 is 9.59 Å². The fourth-order valence-corrected chi connectivity index (χ4v) is 4.91. The Balaban J connectivity index is 1.97. The second-order valence-electron chi connectivity index (χ2n) is 10.0. The lowest BCUT2D eigenvalue weighted by molar-refractivity contribution is -0.136. The molecule has 0 spiro atoms. The highest BCUT2D eigenvalue weighted by Crippen LogP contribution is 2.32. The molecule has 34 heavy (non-hydrogen) atoms. The predicted octanol–water partition coefficient (Wildman–Crippen LogP) is 6.20. The van der Waals surface area contributed by atoms with Crippen LogP contribution in [0.5, 0.6) is 0 Å². The number of hydrogen-bond acceptors (Lipinski definition) is 3. The van der Waals surface area contributed by atoms with Crippen LogP contribution in [0.3, 0.4) is 0 Å². The smallest absolute Gasteiger partial charge is 0.230 e. The Bertz CT molecular complexity index is 949. The molecule has 0 bridgehead atoms. The third-order valence-corrected chi connectivity index (χ3v) is 6.90. The van der Waals surface area contributed by atoms with Crippen molar-refractivity contribution in [2.24, 2.45) is 5.92 Å². The zero-order valence-corrected chi connectivity index (χ0v) is 21.5. The number of rotatable bonds is 9. The first-order chi connectivity index (χ1) is 16.3. The predicted molar refractivity (Wildman–Crippen MR) is 141 cm³/mol. The summed E-state index contributed by atoms with van der Waals surface area (Å²) in [6.45, 7) is 6.43. The van der Waals surface area contributed by atoms with Gasteiger partial charge in [-0.2, -0.15) is 0 Å². The van der Waals surface area contributed by atoms with E-state index in [1.165, 1.54) is 19.3 Å². The first kappa shape index (κ1) is 25.8. The minimum Gasteiger partial charge on any atom is -0.377 e. The van der Waals surface area contributed by atoms with E-state index in [2.05, 4.69) is 34.2 Å². The molecule has 2 amide bonds. The molecular weight excluding hydrogens is 422 g/mol. The Kier molecular flexibility index (Phi) is 9.14. The molecule has 2 aromatic carbocycles. The van der Waals surface area contributed by atoms with Gasteiger partial charge in [0.1, 0.15) is 0 Å². The Morgan fingerprint density at radius 3 is 2.26 bits per heavy atom. The second-order valence-corrected chi connectivity index (χ2v) is 10.0. The summed E-state index contributed by atoms with van der Waals surface area (Å²) in [5.41, 5.74) is 4.00. The third-order valence-electron chi connectivity index (χ3n) is 6.90. The summed E-state index contributed by atoms with van der Waals surface area (Å²) in [4.78, 5) is 30.6. The molecule has 0 saturated heterocycles. The topological polar surface area (TPSA) is 52.7 Å². The van der Waals surface area contributed by atoms with Gasteiger partial charge in [0.25, 0.3) is 0 Å². The van der Waals surface area contributed by atoms with E-state index in [0.717, 1.165) is 41.8 Å². The van der Waals surface area contributed by atoms with Crippen molar-refractivity contribution in [3.8, 4) is 0 Å². The normalized spacial score (nSPS) is 15.1. The average molecular weight is 464 g/mol. The summed E-state index contributed by atoms with van der Waals surface area (Å²) >= 11 is 0. The number of anilines is 2. The molecule has 0 heterocycles. The number of benzene rings is 2. The van der Waals surface area contributed by atoms with Crippen LogP contribution in [-0.2, 0) is 16.1 Å². The molecular formula is C29H41N3O2. The minimum atomic E-state index is -0.144. The van der Waals surface area contributed by atoms with Crippen molar-refractivity contribution in [1.29, 1.82) is 0 Å². The maximum absolute atomic E-state index is 14.1. The van der Waals surface area contributed by atoms with Gasteiger partial charge in [0.15, 0.2) is 0 Å².